The van der Waals surface area contributed by atoms with E-state index in [4.69, 9.17) is 5.11 Å². The summed E-state index contributed by atoms with van der Waals surface area (Å²) in [6.07, 6.45) is 2.63. The summed E-state index contributed by atoms with van der Waals surface area (Å²) in [6, 6.07) is 7.11. The van der Waals surface area contributed by atoms with Gasteiger partial charge in [-0.15, -0.1) is 0 Å². The van der Waals surface area contributed by atoms with E-state index in [1.165, 1.54) is 0 Å². The maximum absolute atomic E-state index is 10.6. The molecular formula is C12H18O2S. The van der Waals surface area contributed by atoms with Gasteiger partial charge in [-0.3, -0.25) is 0 Å². The van der Waals surface area contributed by atoms with E-state index in [1.807, 2.05) is 6.07 Å². The highest BCUT2D eigenvalue weighted by Crippen LogP contribution is 2.10. The van der Waals surface area contributed by atoms with Crippen molar-refractivity contribution in [1.82, 2.24) is 0 Å². The minimum absolute atomic E-state index is 0.373. The number of carboxylic acids is 1. The topological polar surface area (TPSA) is 37.3 Å². The van der Waals surface area contributed by atoms with Crippen LogP contribution >= 0.6 is 12.6 Å². The van der Waals surface area contributed by atoms with E-state index in [0.717, 1.165) is 12.0 Å². The third kappa shape index (κ3) is 5.47. The SMILES string of the molecule is CC(C)Cc1cccc(C(=O)O)c1.CS. The standard InChI is InChI=1S/C11H14O2.CH4S/c1-8(2)6-9-4-3-5-10(7-9)11(12)13;1-2/h3-5,7-8H,6H2,1-2H3,(H,12,13);2H,1H3. The van der Waals surface area contributed by atoms with Crippen molar-refractivity contribution in [2.24, 2.45) is 5.92 Å². The van der Waals surface area contributed by atoms with Gasteiger partial charge in [0.1, 0.15) is 0 Å². The predicted octanol–water partition coefficient (Wildman–Crippen LogP) is 3.13. The third-order valence-corrected chi connectivity index (χ3v) is 1.82. The van der Waals surface area contributed by atoms with E-state index in [2.05, 4.69) is 26.5 Å². The molecule has 1 aromatic carbocycles. The number of carbonyl (C=O) groups is 1. The number of hydrogen-bond donors (Lipinski definition) is 2. The van der Waals surface area contributed by atoms with Crippen molar-refractivity contribution in [2.75, 3.05) is 6.26 Å². The van der Waals surface area contributed by atoms with Gasteiger partial charge in [0.2, 0.25) is 0 Å². The van der Waals surface area contributed by atoms with Crippen LogP contribution in [-0.4, -0.2) is 17.3 Å². The Bertz CT molecular complexity index is 308. The second-order valence-electron chi connectivity index (χ2n) is 3.60. The zero-order valence-electron chi connectivity index (χ0n) is 9.40. The summed E-state index contributed by atoms with van der Waals surface area (Å²) in [4.78, 5) is 10.6. The summed E-state index contributed by atoms with van der Waals surface area (Å²) < 4.78 is 0. The van der Waals surface area contributed by atoms with Gasteiger partial charge in [0.05, 0.1) is 5.56 Å². The van der Waals surface area contributed by atoms with Crippen molar-refractivity contribution in [2.45, 2.75) is 20.3 Å². The Morgan fingerprint density at radius 2 is 2.00 bits per heavy atom. The molecule has 0 bridgehead atoms. The molecule has 1 rings (SSSR count). The van der Waals surface area contributed by atoms with Gasteiger partial charge < -0.3 is 5.11 Å². The van der Waals surface area contributed by atoms with E-state index in [9.17, 15) is 4.79 Å². The molecule has 0 saturated heterocycles. The number of thiol groups is 1. The lowest BCUT2D eigenvalue weighted by molar-refractivity contribution is 0.0696. The highest BCUT2D eigenvalue weighted by molar-refractivity contribution is 7.79. The van der Waals surface area contributed by atoms with Gasteiger partial charge in [0, 0.05) is 0 Å². The van der Waals surface area contributed by atoms with Crippen molar-refractivity contribution in [3.05, 3.63) is 35.4 Å². The van der Waals surface area contributed by atoms with Gasteiger partial charge in [0.25, 0.3) is 0 Å². The van der Waals surface area contributed by atoms with Gasteiger partial charge in [-0.1, -0.05) is 26.0 Å². The molecule has 0 amide bonds. The van der Waals surface area contributed by atoms with Crippen molar-refractivity contribution in [3.8, 4) is 0 Å². The largest absolute Gasteiger partial charge is 0.478 e. The maximum atomic E-state index is 10.6. The second kappa shape index (κ2) is 7.35. The molecule has 0 heterocycles. The van der Waals surface area contributed by atoms with Crippen LogP contribution in [0.2, 0.25) is 0 Å². The molecule has 0 fully saturated rings. The van der Waals surface area contributed by atoms with Crippen molar-refractivity contribution >= 4 is 18.6 Å². The molecule has 1 N–H and O–H groups in total. The van der Waals surface area contributed by atoms with Crippen molar-refractivity contribution < 1.29 is 9.90 Å². The zero-order chi connectivity index (χ0) is 11.8. The molecule has 0 spiro atoms. The first-order valence-corrected chi connectivity index (χ1v) is 5.76. The monoisotopic (exact) mass is 226 g/mol. The van der Waals surface area contributed by atoms with Gasteiger partial charge in [-0.25, -0.2) is 4.79 Å². The number of hydrogen-bond acceptors (Lipinski definition) is 2. The molecule has 3 heteroatoms. The minimum atomic E-state index is -0.856. The zero-order valence-corrected chi connectivity index (χ0v) is 10.3. The summed E-state index contributed by atoms with van der Waals surface area (Å²) in [7, 11) is 0. The van der Waals surface area contributed by atoms with E-state index in [1.54, 1.807) is 24.5 Å². The van der Waals surface area contributed by atoms with Crippen LogP contribution in [0.4, 0.5) is 0 Å². The fraction of sp³-hybridized carbons (Fsp3) is 0.417. The quantitative estimate of drug-likeness (QED) is 0.777. The second-order valence-corrected chi connectivity index (χ2v) is 3.60. The number of carboxylic acid groups (broad SMARTS) is 1. The van der Waals surface area contributed by atoms with E-state index in [-0.39, 0.29) is 0 Å². The molecule has 15 heavy (non-hydrogen) atoms. The van der Waals surface area contributed by atoms with E-state index < -0.39 is 5.97 Å². The number of rotatable bonds is 3. The molecule has 0 saturated carbocycles. The highest BCUT2D eigenvalue weighted by Gasteiger charge is 2.03. The van der Waals surface area contributed by atoms with Gasteiger partial charge in [-0.2, -0.15) is 12.6 Å². The Morgan fingerprint density at radius 1 is 1.40 bits per heavy atom. The first kappa shape index (κ1) is 14.0. The van der Waals surface area contributed by atoms with Gasteiger partial charge >= 0.3 is 5.97 Å². The Morgan fingerprint density at radius 3 is 2.47 bits per heavy atom. The predicted molar refractivity (Wildman–Crippen MR) is 66.9 cm³/mol. The minimum Gasteiger partial charge on any atom is -0.478 e. The third-order valence-electron chi connectivity index (χ3n) is 1.82. The summed E-state index contributed by atoms with van der Waals surface area (Å²) in [5.74, 6) is -0.297. The molecule has 2 nitrogen and oxygen atoms in total. The Kier molecular flexibility index (Phi) is 6.88. The lowest BCUT2D eigenvalue weighted by Crippen LogP contribution is -1.99. The molecule has 0 atom stereocenters. The molecule has 1 aromatic rings. The molecule has 0 aliphatic carbocycles. The molecule has 0 aliphatic rings. The molecular weight excluding hydrogens is 208 g/mol. The van der Waals surface area contributed by atoms with Crippen LogP contribution in [0.25, 0.3) is 0 Å². The Balaban J connectivity index is 0.000000921. The highest BCUT2D eigenvalue weighted by atomic mass is 32.1. The van der Waals surface area contributed by atoms with Crippen LogP contribution in [-0.2, 0) is 6.42 Å². The maximum Gasteiger partial charge on any atom is 0.335 e. The number of aromatic carboxylic acids is 1. The smallest absolute Gasteiger partial charge is 0.335 e. The average Bonchev–Trinajstić information content (AvgIpc) is 2.20. The van der Waals surface area contributed by atoms with Crippen LogP contribution in [0.3, 0.4) is 0 Å². The van der Waals surface area contributed by atoms with Gasteiger partial charge in [0.15, 0.2) is 0 Å². The fourth-order valence-corrected chi connectivity index (χ4v) is 1.30. The average molecular weight is 226 g/mol. The Hall–Kier alpha value is -0.960. The van der Waals surface area contributed by atoms with Crippen LogP contribution in [0.1, 0.15) is 29.8 Å². The summed E-state index contributed by atoms with van der Waals surface area (Å²) in [6.45, 7) is 4.24. The van der Waals surface area contributed by atoms with Crippen LogP contribution in [0.5, 0.6) is 0 Å². The Labute approximate surface area is 96.7 Å². The van der Waals surface area contributed by atoms with Gasteiger partial charge in [-0.05, 0) is 36.3 Å². The van der Waals surface area contributed by atoms with Crippen LogP contribution in [0, 0.1) is 5.92 Å². The van der Waals surface area contributed by atoms with E-state index in [0.29, 0.717) is 11.5 Å². The summed E-state index contributed by atoms with van der Waals surface area (Å²) in [5, 5.41) is 8.74. The molecule has 0 radical (unpaired) electrons. The molecule has 84 valence electrons. The van der Waals surface area contributed by atoms with Crippen LogP contribution < -0.4 is 0 Å². The summed E-state index contributed by atoms with van der Waals surface area (Å²) >= 11 is 3.53. The number of benzene rings is 1. The van der Waals surface area contributed by atoms with Crippen LogP contribution in [0.15, 0.2) is 24.3 Å². The first-order valence-electron chi connectivity index (χ1n) is 4.86. The summed E-state index contributed by atoms with van der Waals surface area (Å²) in [5.41, 5.74) is 1.47. The normalized spacial score (nSPS) is 9.40. The lowest BCUT2D eigenvalue weighted by atomic mass is 10.0. The van der Waals surface area contributed by atoms with E-state index >= 15 is 0 Å². The lowest BCUT2D eigenvalue weighted by Gasteiger charge is -2.04. The first-order chi connectivity index (χ1) is 7.09. The molecule has 0 aromatic heterocycles. The van der Waals surface area contributed by atoms with Crippen molar-refractivity contribution in [1.29, 1.82) is 0 Å². The molecule has 0 aliphatic heterocycles. The molecule has 0 unspecified atom stereocenters. The fourth-order valence-electron chi connectivity index (χ4n) is 1.30. The van der Waals surface area contributed by atoms with Crippen molar-refractivity contribution in [3.63, 3.8) is 0 Å².